The zero-order valence-electron chi connectivity index (χ0n) is 15.4. The maximum Gasteiger partial charge on any atom is 0.0704 e. The van der Waals surface area contributed by atoms with Gasteiger partial charge in [-0.25, -0.2) is 4.99 Å². The summed E-state index contributed by atoms with van der Waals surface area (Å²) in [5.41, 5.74) is 7.36. The largest absolute Gasteiger partial charge is 0.265 e. The molecule has 2 aromatic carbocycles. The van der Waals surface area contributed by atoms with Crippen molar-refractivity contribution < 1.29 is 0 Å². The molecule has 3 nitrogen and oxygen atoms in total. The first-order valence-electron chi connectivity index (χ1n) is 8.61. The first-order chi connectivity index (χ1) is 13.1. The molecule has 3 heteroatoms. The molecule has 0 fully saturated rings. The van der Waals surface area contributed by atoms with E-state index >= 15 is 0 Å². The lowest BCUT2D eigenvalue weighted by Crippen LogP contribution is -2.01. The molecular weight excluding hydrogens is 330 g/mol. The maximum absolute atomic E-state index is 4.71. The van der Waals surface area contributed by atoms with Crippen LogP contribution in [0.4, 0.5) is 11.4 Å². The van der Waals surface area contributed by atoms with E-state index in [0.29, 0.717) is 0 Å². The second-order valence-corrected chi connectivity index (χ2v) is 6.19. The van der Waals surface area contributed by atoms with Gasteiger partial charge in [-0.2, -0.15) is 0 Å². The molecule has 0 atom stereocenters. The van der Waals surface area contributed by atoms with Crippen LogP contribution in [0.5, 0.6) is 0 Å². The van der Waals surface area contributed by atoms with Crippen LogP contribution in [-0.4, -0.2) is 18.6 Å². The van der Waals surface area contributed by atoms with E-state index in [0.717, 1.165) is 45.0 Å². The van der Waals surface area contributed by atoms with E-state index in [-0.39, 0.29) is 0 Å². The Morgan fingerprint density at radius 1 is 1.00 bits per heavy atom. The summed E-state index contributed by atoms with van der Waals surface area (Å²) in [6.07, 6.45) is 9.47. The van der Waals surface area contributed by atoms with E-state index in [1.807, 2.05) is 79.9 Å². The van der Waals surface area contributed by atoms with Crippen molar-refractivity contribution in [3.05, 3.63) is 102 Å². The normalized spacial score (nSPS) is 15.2. The predicted molar refractivity (Wildman–Crippen MR) is 118 cm³/mol. The van der Waals surface area contributed by atoms with Gasteiger partial charge in [0.15, 0.2) is 0 Å². The molecule has 0 heterocycles. The Morgan fingerprint density at radius 3 is 2.52 bits per heavy atom. The van der Waals surface area contributed by atoms with Crippen LogP contribution in [0, 0.1) is 6.92 Å². The van der Waals surface area contributed by atoms with Crippen LogP contribution >= 0.6 is 0 Å². The maximum atomic E-state index is 4.71. The molecule has 0 spiro atoms. The number of aryl methyl sites for hydroxylation is 1. The number of aliphatic imine (C=N–C) groups is 3. The average Bonchev–Trinajstić information content (AvgIpc) is 2.69. The molecule has 0 N–H and O–H groups in total. The fourth-order valence-electron chi connectivity index (χ4n) is 2.67. The Labute approximate surface area is 160 Å². The molecule has 0 saturated heterocycles. The van der Waals surface area contributed by atoms with Crippen LogP contribution in [0.3, 0.4) is 0 Å². The second-order valence-electron chi connectivity index (χ2n) is 6.19. The second kappa shape index (κ2) is 8.19. The van der Waals surface area contributed by atoms with Gasteiger partial charge in [0.25, 0.3) is 0 Å². The minimum atomic E-state index is 0.824. The first kappa shape index (κ1) is 18.2. The van der Waals surface area contributed by atoms with Gasteiger partial charge in [0, 0.05) is 6.21 Å². The summed E-state index contributed by atoms with van der Waals surface area (Å²) in [7, 11) is 0. The number of benzene rings is 2. The summed E-state index contributed by atoms with van der Waals surface area (Å²) in [6.45, 7) is 13.5. The van der Waals surface area contributed by atoms with E-state index in [1.165, 1.54) is 0 Å². The van der Waals surface area contributed by atoms with Crippen LogP contribution in [0.25, 0.3) is 6.08 Å². The van der Waals surface area contributed by atoms with Crippen LogP contribution < -0.4 is 0 Å². The fraction of sp³-hybridized carbons (Fsp3) is 0.0417. The molecule has 0 aromatic heterocycles. The standard InChI is InChI=1S/C24H21N3/c1-5-19-7-6-8-20(15-19)16-26-22-10-12-24(18(3)14-22)27-23-11-9-21(25-4)13-17(23)2/h5-16H,1,3-4H2,2H3/b26-16+,27-24-. The van der Waals surface area contributed by atoms with E-state index in [2.05, 4.69) is 29.9 Å². The lowest BCUT2D eigenvalue weighted by atomic mass is 10.0. The molecule has 2 aromatic rings. The summed E-state index contributed by atoms with van der Waals surface area (Å²) < 4.78 is 0. The third kappa shape index (κ3) is 4.53. The number of allylic oxidation sites excluding steroid dienone is 4. The molecule has 3 rings (SSSR count). The zero-order valence-corrected chi connectivity index (χ0v) is 15.4. The van der Waals surface area contributed by atoms with Gasteiger partial charge in [-0.15, -0.1) is 0 Å². The molecule has 0 radical (unpaired) electrons. The molecule has 0 bridgehead atoms. The van der Waals surface area contributed by atoms with E-state index in [4.69, 9.17) is 4.99 Å². The zero-order chi connectivity index (χ0) is 19.2. The molecule has 0 unspecified atom stereocenters. The highest BCUT2D eigenvalue weighted by Crippen LogP contribution is 2.26. The minimum absolute atomic E-state index is 0.824. The molecule has 132 valence electrons. The third-order valence-corrected chi connectivity index (χ3v) is 4.18. The van der Waals surface area contributed by atoms with Gasteiger partial charge in [-0.1, -0.05) is 37.4 Å². The highest BCUT2D eigenvalue weighted by atomic mass is 14.8. The topological polar surface area (TPSA) is 37.1 Å². The lowest BCUT2D eigenvalue weighted by molar-refractivity contribution is 1.36. The van der Waals surface area contributed by atoms with Crippen molar-refractivity contribution in [3.8, 4) is 0 Å². The van der Waals surface area contributed by atoms with Crippen LogP contribution in [0.15, 0.2) is 100 Å². The summed E-state index contributed by atoms with van der Waals surface area (Å²) in [4.78, 5) is 13.2. The van der Waals surface area contributed by atoms with E-state index in [9.17, 15) is 0 Å². The van der Waals surface area contributed by atoms with Crippen molar-refractivity contribution in [2.24, 2.45) is 15.0 Å². The highest BCUT2D eigenvalue weighted by molar-refractivity contribution is 6.12. The Bertz CT molecular complexity index is 1030. The summed E-state index contributed by atoms with van der Waals surface area (Å²) in [6, 6.07) is 13.8. The summed E-state index contributed by atoms with van der Waals surface area (Å²) >= 11 is 0. The quantitative estimate of drug-likeness (QED) is 0.578. The first-order valence-corrected chi connectivity index (χ1v) is 8.61. The van der Waals surface area contributed by atoms with Gasteiger partial charge in [-0.05, 0) is 78.4 Å². The molecule has 0 saturated carbocycles. The smallest absolute Gasteiger partial charge is 0.0704 e. The number of nitrogens with zero attached hydrogens (tertiary/aromatic N) is 3. The minimum Gasteiger partial charge on any atom is -0.265 e. The third-order valence-electron chi connectivity index (χ3n) is 4.18. The van der Waals surface area contributed by atoms with Crippen molar-refractivity contribution >= 4 is 36.1 Å². The van der Waals surface area contributed by atoms with Gasteiger partial charge < -0.3 is 0 Å². The van der Waals surface area contributed by atoms with E-state index in [1.54, 1.807) is 0 Å². The Balaban J connectivity index is 1.78. The predicted octanol–water partition coefficient (Wildman–Crippen LogP) is 6.17. The van der Waals surface area contributed by atoms with Gasteiger partial charge in [0.2, 0.25) is 0 Å². The molecule has 0 aliphatic heterocycles. The molecule has 0 amide bonds. The Morgan fingerprint density at radius 2 is 1.81 bits per heavy atom. The molecule has 1 aliphatic rings. The summed E-state index contributed by atoms with van der Waals surface area (Å²) in [5, 5.41) is 0. The van der Waals surface area contributed by atoms with Crippen LogP contribution in [0.2, 0.25) is 0 Å². The number of hydrogen-bond donors (Lipinski definition) is 0. The molecule has 1 aliphatic carbocycles. The highest BCUT2D eigenvalue weighted by Gasteiger charge is 2.07. The van der Waals surface area contributed by atoms with E-state index < -0.39 is 0 Å². The molecular formula is C24H21N3. The van der Waals surface area contributed by atoms with Crippen molar-refractivity contribution in [2.45, 2.75) is 6.92 Å². The molecule has 27 heavy (non-hydrogen) atoms. The number of rotatable bonds is 5. The van der Waals surface area contributed by atoms with Crippen LogP contribution in [0.1, 0.15) is 16.7 Å². The fourth-order valence-corrected chi connectivity index (χ4v) is 2.67. The van der Waals surface area contributed by atoms with Crippen molar-refractivity contribution in [1.82, 2.24) is 0 Å². The lowest BCUT2D eigenvalue weighted by Gasteiger charge is -2.09. The summed E-state index contributed by atoms with van der Waals surface area (Å²) in [5.74, 6) is 0. The van der Waals surface area contributed by atoms with Crippen LogP contribution in [-0.2, 0) is 0 Å². The van der Waals surface area contributed by atoms with Crippen molar-refractivity contribution in [1.29, 1.82) is 0 Å². The van der Waals surface area contributed by atoms with Crippen molar-refractivity contribution in [2.75, 3.05) is 0 Å². The SMILES string of the molecule is C=Cc1cccc(/C=N/C2=CC(=C)/C(=N\c3ccc(N=C)cc3C)C=C2)c1. The van der Waals surface area contributed by atoms with Gasteiger partial charge in [0.1, 0.15) is 0 Å². The number of hydrogen-bond acceptors (Lipinski definition) is 3. The Kier molecular flexibility index (Phi) is 5.53. The monoisotopic (exact) mass is 351 g/mol. The average molecular weight is 351 g/mol. The van der Waals surface area contributed by atoms with Crippen molar-refractivity contribution in [3.63, 3.8) is 0 Å². The van der Waals surface area contributed by atoms with Gasteiger partial charge in [-0.3, -0.25) is 9.98 Å². The van der Waals surface area contributed by atoms with Gasteiger partial charge in [0.05, 0.1) is 22.8 Å². The van der Waals surface area contributed by atoms with Gasteiger partial charge >= 0.3 is 0 Å². The Hall–Kier alpha value is -3.59.